The monoisotopic (exact) mass is 313 g/mol. The number of nitrogens with zero attached hydrogens (tertiary/aromatic N) is 1. The Labute approximate surface area is 136 Å². The van der Waals surface area contributed by atoms with Gasteiger partial charge in [-0.15, -0.1) is 0 Å². The summed E-state index contributed by atoms with van der Waals surface area (Å²) in [4.78, 5) is 27.2. The predicted octanol–water partition coefficient (Wildman–Crippen LogP) is 2.92. The molecule has 1 aliphatic heterocycles. The van der Waals surface area contributed by atoms with Crippen molar-refractivity contribution < 1.29 is 14.3 Å². The molecule has 4 nitrogen and oxygen atoms in total. The van der Waals surface area contributed by atoms with Crippen molar-refractivity contribution >= 4 is 11.7 Å². The lowest BCUT2D eigenvalue weighted by Gasteiger charge is -2.37. The van der Waals surface area contributed by atoms with Crippen molar-refractivity contribution in [3.63, 3.8) is 0 Å². The number of Topliss-reactive ketones (excluding diaryl/α,β-unsaturated/α-hetero) is 1. The van der Waals surface area contributed by atoms with E-state index in [1.807, 2.05) is 43.0 Å². The summed E-state index contributed by atoms with van der Waals surface area (Å²) in [5, 5.41) is 0. The van der Waals surface area contributed by atoms with Crippen molar-refractivity contribution in [3.8, 4) is 5.75 Å². The molecule has 0 bridgehead atoms. The fourth-order valence-electron chi connectivity index (χ4n) is 4.84. The van der Waals surface area contributed by atoms with Crippen LogP contribution in [0.4, 0.5) is 0 Å². The molecule has 3 aliphatic rings. The van der Waals surface area contributed by atoms with Gasteiger partial charge in [0.05, 0.1) is 12.0 Å². The van der Waals surface area contributed by atoms with E-state index in [0.29, 0.717) is 23.7 Å². The molecule has 1 heterocycles. The molecule has 0 radical (unpaired) electrons. The summed E-state index contributed by atoms with van der Waals surface area (Å²) in [7, 11) is 0. The maximum absolute atomic E-state index is 12.7. The third-order valence-corrected chi connectivity index (χ3v) is 6.00. The first-order chi connectivity index (χ1) is 11.1. The van der Waals surface area contributed by atoms with E-state index in [9.17, 15) is 9.59 Å². The van der Waals surface area contributed by atoms with Gasteiger partial charge in [-0.2, -0.15) is 0 Å². The second-order valence-electron chi connectivity index (χ2n) is 7.03. The van der Waals surface area contributed by atoms with Crippen molar-refractivity contribution in [2.24, 2.45) is 17.8 Å². The highest BCUT2D eigenvalue weighted by Gasteiger charge is 2.70. The number of amides is 1. The van der Waals surface area contributed by atoms with Crippen LogP contribution in [0.25, 0.3) is 0 Å². The first-order valence-electron chi connectivity index (χ1n) is 8.71. The third-order valence-electron chi connectivity index (χ3n) is 6.00. The summed E-state index contributed by atoms with van der Waals surface area (Å²) < 4.78 is 6.34. The van der Waals surface area contributed by atoms with E-state index in [1.165, 1.54) is 0 Å². The van der Waals surface area contributed by atoms with Crippen LogP contribution in [-0.2, 0) is 4.79 Å². The number of carbonyl (C=O) groups excluding carboxylic acids is 2. The highest BCUT2D eigenvalue weighted by atomic mass is 16.5. The Balaban J connectivity index is 1.60. The normalized spacial score (nSPS) is 33.8. The number of para-hydroxylation sites is 1. The van der Waals surface area contributed by atoms with E-state index in [0.717, 1.165) is 25.9 Å². The molecule has 1 aromatic carbocycles. The van der Waals surface area contributed by atoms with Crippen LogP contribution in [0.3, 0.4) is 0 Å². The molecule has 122 valence electrons. The molecule has 1 aromatic rings. The zero-order valence-corrected chi connectivity index (χ0v) is 13.7. The van der Waals surface area contributed by atoms with Crippen LogP contribution in [0.2, 0.25) is 0 Å². The maximum Gasteiger partial charge on any atom is 0.226 e. The molecule has 0 N–H and O–H groups in total. The molecular weight excluding hydrogens is 290 g/mol. The Morgan fingerprint density at radius 2 is 2.04 bits per heavy atom. The second-order valence-corrected chi connectivity index (χ2v) is 7.03. The van der Waals surface area contributed by atoms with Crippen LogP contribution >= 0.6 is 0 Å². The number of ether oxygens (including phenoxy) is 1. The fraction of sp³-hybridized carbons (Fsp3) is 0.579. The van der Waals surface area contributed by atoms with Gasteiger partial charge in [-0.25, -0.2) is 0 Å². The highest BCUT2D eigenvalue weighted by molar-refractivity contribution is 6.00. The first-order valence-corrected chi connectivity index (χ1v) is 8.71. The van der Waals surface area contributed by atoms with Gasteiger partial charge in [0.15, 0.2) is 5.78 Å². The maximum atomic E-state index is 12.7. The van der Waals surface area contributed by atoms with Crippen molar-refractivity contribution in [2.75, 3.05) is 13.1 Å². The van der Waals surface area contributed by atoms with Gasteiger partial charge in [0.25, 0.3) is 0 Å². The lowest BCUT2D eigenvalue weighted by molar-refractivity contribution is -0.134. The Hall–Kier alpha value is -1.84. The molecule has 23 heavy (non-hydrogen) atoms. The van der Waals surface area contributed by atoms with Crippen molar-refractivity contribution in [2.45, 2.75) is 38.7 Å². The number of hydrogen-bond donors (Lipinski definition) is 0. The minimum Gasteiger partial charge on any atom is -0.486 e. The quantitative estimate of drug-likeness (QED) is 0.862. The zero-order chi connectivity index (χ0) is 16.2. The third kappa shape index (κ3) is 2.03. The Morgan fingerprint density at radius 3 is 2.78 bits per heavy atom. The molecule has 2 aliphatic carbocycles. The number of hydrogen-bond acceptors (Lipinski definition) is 3. The summed E-state index contributed by atoms with van der Waals surface area (Å²) in [5.74, 6) is 1.79. The fourth-order valence-corrected chi connectivity index (χ4v) is 4.84. The molecule has 1 spiro atoms. The van der Waals surface area contributed by atoms with Gasteiger partial charge >= 0.3 is 0 Å². The number of carbonyl (C=O) groups is 2. The lowest BCUT2D eigenvalue weighted by atomic mass is 9.84. The predicted molar refractivity (Wildman–Crippen MR) is 86.4 cm³/mol. The van der Waals surface area contributed by atoms with Crippen LogP contribution < -0.4 is 4.74 Å². The summed E-state index contributed by atoms with van der Waals surface area (Å²) in [6.45, 7) is 5.54. The van der Waals surface area contributed by atoms with E-state index in [1.54, 1.807) is 0 Å². The highest BCUT2D eigenvalue weighted by Crippen LogP contribution is 2.66. The van der Waals surface area contributed by atoms with Crippen LogP contribution in [0, 0.1) is 17.8 Å². The number of benzene rings is 1. The minimum absolute atomic E-state index is 0.0571. The van der Waals surface area contributed by atoms with Crippen LogP contribution in [0.5, 0.6) is 5.75 Å². The summed E-state index contributed by atoms with van der Waals surface area (Å²) in [6, 6.07) is 7.50. The van der Waals surface area contributed by atoms with E-state index in [-0.39, 0.29) is 23.5 Å². The molecule has 0 unspecified atom stereocenters. The molecule has 1 amide bonds. The summed E-state index contributed by atoms with van der Waals surface area (Å²) in [6.07, 6.45) is 2.31. The van der Waals surface area contributed by atoms with Crippen molar-refractivity contribution in [3.05, 3.63) is 29.8 Å². The topological polar surface area (TPSA) is 46.6 Å². The molecule has 0 aromatic heterocycles. The summed E-state index contributed by atoms with van der Waals surface area (Å²) >= 11 is 0. The lowest BCUT2D eigenvalue weighted by Crippen LogP contribution is -2.45. The SMILES string of the molecule is CCN(CC)C(=O)[C@H]1[C@H]2CC[C@@]3(CC(=O)c4ccccc4O3)[C@@H]21. The molecule has 2 fully saturated rings. The number of rotatable bonds is 3. The van der Waals surface area contributed by atoms with Crippen molar-refractivity contribution in [1.82, 2.24) is 4.90 Å². The summed E-state index contributed by atoms with van der Waals surface area (Å²) in [5.41, 5.74) is 0.248. The van der Waals surface area contributed by atoms with E-state index >= 15 is 0 Å². The Morgan fingerprint density at radius 1 is 1.30 bits per heavy atom. The molecular formula is C19H23NO3. The molecule has 4 heteroatoms. The van der Waals surface area contributed by atoms with E-state index in [2.05, 4.69) is 0 Å². The van der Waals surface area contributed by atoms with Gasteiger partial charge < -0.3 is 9.64 Å². The molecule has 0 saturated heterocycles. The minimum atomic E-state index is -0.441. The Bertz CT molecular complexity index is 666. The van der Waals surface area contributed by atoms with Crippen molar-refractivity contribution in [1.29, 1.82) is 0 Å². The van der Waals surface area contributed by atoms with E-state index in [4.69, 9.17) is 4.74 Å². The average Bonchev–Trinajstić information content (AvgIpc) is 3.20. The van der Waals surface area contributed by atoms with Crippen LogP contribution in [0.15, 0.2) is 24.3 Å². The largest absolute Gasteiger partial charge is 0.486 e. The Kier molecular flexibility index (Phi) is 3.26. The van der Waals surface area contributed by atoms with Gasteiger partial charge in [0.1, 0.15) is 11.4 Å². The van der Waals surface area contributed by atoms with E-state index < -0.39 is 5.60 Å². The standard InChI is InChI=1S/C19H23NO3/c1-3-20(4-2)18(22)16-13-9-10-19(17(13)16)11-14(21)12-7-5-6-8-15(12)23-19/h5-8,13,16-17H,3-4,9-11H2,1-2H3/t13-,16+,17+,19-/m1/s1. The zero-order valence-electron chi connectivity index (χ0n) is 13.7. The smallest absolute Gasteiger partial charge is 0.226 e. The van der Waals surface area contributed by atoms with Gasteiger partial charge in [0, 0.05) is 24.9 Å². The van der Waals surface area contributed by atoms with Crippen LogP contribution in [0.1, 0.15) is 43.5 Å². The molecule has 4 atom stereocenters. The number of fused-ring (bicyclic) bond motifs is 3. The van der Waals surface area contributed by atoms with Gasteiger partial charge in [-0.1, -0.05) is 12.1 Å². The number of ketones is 1. The van der Waals surface area contributed by atoms with Crippen LogP contribution in [-0.4, -0.2) is 35.3 Å². The van der Waals surface area contributed by atoms with Gasteiger partial charge in [0.2, 0.25) is 5.91 Å². The molecule has 4 rings (SSSR count). The van der Waals surface area contributed by atoms with Gasteiger partial charge in [-0.3, -0.25) is 9.59 Å². The van der Waals surface area contributed by atoms with Gasteiger partial charge in [-0.05, 0) is 44.7 Å². The average molecular weight is 313 g/mol. The molecule has 2 saturated carbocycles. The second kappa shape index (κ2) is 5.08. The first kappa shape index (κ1) is 14.7.